The van der Waals surface area contributed by atoms with Crippen LogP contribution in [0.1, 0.15) is 23.7 Å². The number of rotatable bonds is 4. The number of hydrogen-bond acceptors (Lipinski definition) is 2. The second-order valence-corrected chi connectivity index (χ2v) is 4.73. The monoisotopic (exact) mass is 294 g/mol. The normalized spacial score (nSPS) is 10.8. The fraction of sp³-hybridized carbons (Fsp3) is 0.308. The van der Waals surface area contributed by atoms with Gasteiger partial charge in [0.2, 0.25) is 0 Å². The van der Waals surface area contributed by atoms with Crippen molar-refractivity contribution in [2.24, 2.45) is 0 Å². The fourth-order valence-electron chi connectivity index (χ4n) is 1.92. The van der Waals surface area contributed by atoms with Crippen molar-refractivity contribution in [1.29, 1.82) is 0 Å². The molecular weight excluding hydrogens is 280 g/mol. The zero-order valence-electron chi connectivity index (χ0n) is 9.73. The molecule has 90 valence electrons. The summed E-state index contributed by atoms with van der Waals surface area (Å²) >= 11 is 3.53. The molecule has 0 unspecified atom stereocenters. The van der Waals surface area contributed by atoms with Crippen molar-refractivity contribution in [3.8, 4) is 0 Å². The fourth-order valence-corrected chi connectivity index (χ4v) is 2.33. The number of aliphatic hydroxyl groups excluding tert-OH is 1. The number of halogens is 1. The predicted octanol–water partition coefficient (Wildman–Crippen LogP) is 2.75. The molecule has 0 radical (unpaired) electrons. The van der Waals surface area contributed by atoms with Gasteiger partial charge < -0.3 is 5.11 Å². The number of benzene rings is 1. The maximum absolute atomic E-state index is 9.22. The van der Waals surface area contributed by atoms with Crippen LogP contribution in [0.25, 0.3) is 0 Å². The molecule has 0 fully saturated rings. The van der Waals surface area contributed by atoms with E-state index in [2.05, 4.69) is 34.0 Å². The van der Waals surface area contributed by atoms with E-state index >= 15 is 0 Å². The minimum absolute atomic E-state index is 0.0547. The van der Waals surface area contributed by atoms with Gasteiger partial charge in [-0.05, 0) is 18.1 Å². The first kappa shape index (κ1) is 12.3. The van der Waals surface area contributed by atoms with Crippen molar-refractivity contribution in [1.82, 2.24) is 9.78 Å². The van der Waals surface area contributed by atoms with Crippen molar-refractivity contribution in [3.63, 3.8) is 0 Å². The minimum atomic E-state index is 0.0547. The average molecular weight is 295 g/mol. The molecule has 4 heteroatoms. The average Bonchev–Trinajstić information content (AvgIpc) is 2.74. The summed E-state index contributed by atoms with van der Waals surface area (Å²) in [6.45, 7) is 2.86. The third-order valence-corrected chi connectivity index (χ3v) is 3.59. The Balaban J connectivity index is 2.30. The topological polar surface area (TPSA) is 38.1 Å². The summed E-state index contributed by atoms with van der Waals surface area (Å²) in [5.74, 6) is 0. The maximum atomic E-state index is 9.22. The summed E-state index contributed by atoms with van der Waals surface area (Å²) in [6.07, 6.45) is 2.62. The predicted molar refractivity (Wildman–Crippen MR) is 70.8 cm³/mol. The first-order valence-corrected chi connectivity index (χ1v) is 6.43. The van der Waals surface area contributed by atoms with Crippen molar-refractivity contribution in [2.75, 3.05) is 0 Å². The lowest BCUT2D eigenvalue weighted by atomic mass is 10.2. The molecule has 0 saturated carbocycles. The standard InChI is InChI=1S/C13H15BrN2O/c1-2-13-11(9-17)7-15-16(13)8-10-5-3-4-6-12(10)14/h3-7,17H,2,8-9H2,1H3. The van der Waals surface area contributed by atoms with Crippen LogP contribution in [-0.2, 0) is 19.6 Å². The van der Waals surface area contributed by atoms with Crippen LogP contribution < -0.4 is 0 Å². The SMILES string of the molecule is CCc1c(CO)cnn1Cc1ccccc1Br. The van der Waals surface area contributed by atoms with Gasteiger partial charge in [-0.3, -0.25) is 4.68 Å². The van der Waals surface area contributed by atoms with Crippen LogP contribution in [0.2, 0.25) is 0 Å². The second-order valence-electron chi connectivity index (χ2n) is 3.88. The summed E-state index contributed by atoms with van der Waals surface area (Å²) in [5, 5.41) is 13.6. The van der Waals surface area contributed by atoms with Crippen LogP contribution in [0, 0.1) is 0 Å². The molecule has 0 spiro atoms. The molecule has 1 heterocycles. The lowest BCUT2D eigenvalue weighted by Crippen LogP contribution is -2.07. The van der Waals surface area contributed by atoms with Crippen LogP contribution in [0.15, 0.2) is 34.9 Å². The Morgan fingerprint density at radius 1 is 1.29 bits per heavy atom. The highest BCUT2D eigenvalue weighted by Crippen LogP contribution is 2.18. The van der Waals surface area contributed by atoms with Gasteiger partial charge in [-0.25, -0.2) is 0 Å². The summed E-state index contributed by atoms with van der Waals surface area (Å²) in [5.41, 5.74) is 3.21. The van der Waals surface area contributed by atoms with Gasteiger partial charge in [-0.2, -0.15) is 5.10 Å². The molecule has 0 aliphatic carbocycles. The number of hydrogen-bond donors (Lipinski definition) is 1. The highest BCUT2D eigenvalue weighted by Gasteiger charge is 2.09. The molecule has 0 amide bonds. The molecule has 0 aliphatic heterocycles. The van der Waals surface area contributed by atoms with E-state index in [1.165, 1.54) is 5.56 Å². The lowest BCUT2D eigenvalue weighted by molar-refractivity contribution is 0.280. The molecule has 0 saturated heterocycles. The van der Waals surface area contributed by atoms with E-state index in [1.807, 2.05) is 22.9 Å². The highest BCUT2D eigenvalue weighted by atomic mass is 79.9. The van der Waals surface area contributed by atoms with Crippen molar-refractivity contribution in [3.05, 3.63) is 51.8 Å². The van der Waals surface area contributed by atoms with Crippen molar-refractivity contribution < 1.29 is 5.11 Å². The molecule has 1 aromatic carbocycles. The van der Waals surface area contributed by atoms with Crippen molar-refractivity contribution in [2.45, 2.75) is 26.5 Å². The third-order valence-electron chi connectivity index (χ3n) is 2.82. The van der Waals surface area contributed by atoms with Gasteiger partial charge >= 0.3 is 0 Å². The molecule has 1 N–H and O–H groups in total. The lowest BCUT2D eigenvalue weighted by Gasteiger charge is -2.08. The molecule has 2 aromatic rings. The van der Waals surface area contributed by atoms with Crippen LogP contribution in [-0.4, -0.2) is 14.9 Å². The largest absolute Gasteiger partial charge is 0.392 e. The molecule has 0 aliphatic rings. The first-order chi connectivity index (χ1) is 8.26. The van der Waals surface area contributed by atoms with E-state index in [-0.39, 0.29) is 6.61 Å². The maximum Gasteiger partial charge on any atom is 0.0715 e. The highest BCUT2D eigenvalue weighted by molar-refractivity contribution is 9.10. The smallest absolute Gasteiger partial charge is 0.0715 e. The second kappa shape index (κ2) is 5.47. The van der Waals surface area contributed by atoms with E-state index in [0.717, 1.165) is 28.7 Å². The van der Waals surface area contributed by atoms with Crippen molar-refractivity contribution >= 4 is 15.9 Å². The van der Waals surface area contributed by atoms with Gasteiger partial charge in [0.25, 0.3) is 0 Å². The molecule has 0 atom stereocenters. The van der Waals surface area contributed by atoms with Gasteiger partial charge in [0.15, 0.2) is 0 Å². The summed E-state index contributed by atoms with van der Waals surface area (Å²) < 4.78 is 3.04. The van der Waals surface area contributed by atoms with E-state index < -0.39 is 0 Å². The van der Waals surface area contributed by atoms with Gasteiger partial charge in [0.1, 0.15) is 0 Å². The molecule has 2 rings (SSSR count). The Kier molecular flexibility index (Phi) is 3.97. The zero-order chi connectivity index (χ0) is 12.3. The number of aliphatic hydroxyl groups is 1. The third kappa shape index (κ3) is 2.58. The van der Waals surface area contributed by atoms with Gasteiger partial charge in [-0.15, -0.1) is 0 Å². The Labute approximate surface area is 109 Å². The van der Waals surface area contributed by atoms with E-state index in [1.54, 1.807) is 6.20 Å². The summed E-state index contributed by atoms with van der Waals surface area (Å²) in [6, 6.07) is 8.11. The minimum Gasteiger partial charge on any atom is -0.392 e. The van der Waals surface area contributed by atoms with E-state index in [9.17, 15) is 5.11 Å². The Morgan fingerprint density at radius 2 is 2.06 bits per heavy atom. The van der Waals surface area contributed by atoms with Crippen LogP contribution in [0.3, 0.4) is 0 Å². The quantitative estimate of drug-likeness (QED) is 0.942. The van der Waals surface area contributed by atoms with Gasteiger partial charge in [0, 0.05) is 15.7 Å². The summed E-state index contributed by atoms with van der Waals surface area (Å²) in [7, 11) is 0. The Morgan fingerprint density at radius 3 is 2.71 bits per heavy atom. The zero-order valence-corrected chi connectivity index (χ0v) is 11.3. The molecular formula is C13H15BrN2O. The Hall–Kier alpha value is -1.13. The van der Waals surface area contributed by atoms with Crippen LogP contribution in [0.4, 0.5) is 0 Å². The Bertz CT molecular complexity index is 508. The summed E-state index contributed by atoms with van der Waals surface area (Å²) in [4.78, 5) is 0. The molecule has 0 bridgehead atoms. The van der Waals surface area contributed by atoms with Gasteiger partial charge in [-0.1, -0.05) is 41.1 Å². The molecule has 3 nitrogen and oxygen atoms in total. The molecule has 17 heavy (non-hydrogen) atoms. The first-order valence-electron chi connectivity index (χ1n) is 5.64. The number of nitrogens with zero attached hydrogens (tertiary/aromatic N) is 2. The van der Waals surface area contributed by atoms with E-state index in [0.29, 0.717) is 0 Å². The molecule has 1 aromatic heterocycles. The van der Waals surface area contributed by atoms with Crippen LogP contribution in [0.5, 0.6) is 0 Å². The van der Waals surface area contributed by atoms with Crippen LogP contribution >= 0.6 is 15.9 Å². The van der Waals surface area contributed by atoms with E-state index in [4.69, 9.17) is 0 Å². The van der Waals surface area contributed by atoms with Gasteiger partial charge in [0.05, 0.1) is 19.3 Å². The number of aromatic nitrogens is 2.